The van der Waals surface area contributed by atoms with Gasteiger partial charge in [-0.15, -0.1) is 0 Å². The van der Waals surface area contributed by atoms with Crippen LogP contribution in [0, 0.1) is 10.7 Å². The summed E-state index contributed by atoms with van der Waals surface area (Å²) in [5, 5.41) is 8.47. The largest absolute Gasteiger partial charge is 1.00 e. The van der Waals surface area contributed by atoms with Crippen molar-refractivity contribution in [2.75, 3.05) is 19.6 Å². The fraction of sp³-hybridized carbons (Fsp3) is 0.857. The van der Waals surface area contributed by atoms with Crippen molar-refractivity contribution in [1.82, 2.24) is 4.90 Å². The zero-order valence-electron chi connectivity index (χ0n) is 7.92. The van der Waals surface area contributed by atoms with E-state index in [0.29, 0.717) is 0 Å². The number of nitrogens with zero attached hydrogens (tertiary/aromatic N) is 2. The molecule has 0 saturated carbocycles. The maximum Gasteiger partial charge on any atom is 1.00 e. The minimum atomic E-state index is 0. The standard InChI is InChI=1S/C6H15N.CHNS.K/c1-4-7(5-2)6-3;2-1-3;/h4-6H2,1-3H3;3H;/q;;+1/p-1. The molecule has 0 bridgehead atoms. The first-order valence-corrected chi connectivity index (χ1v) is 3.91. The molecule has 0 N–H and O–H groups in total. The molecule has 0 aromatic carbocycles. The van der Waals surface area contributed by atoms with Crippen LogP contribution in [0.15, 0.2) is 0 Å². The molecule has 0 rings (SSSR count). The summed E-state index contributed by atoms with van der Waals surface area (Å²) >= 11 is 3.70. The maximum absolute atomic E-state index is 7.13. The molecule has 0 fully saturated rings. The van der Waals surface area contributed by atoms with Gasteiger partial charge < -0.3 is 17.5 Å². The summed E-state index contributed by atoms with van der Waals surface area (Å²) < 4.78 is 0. The molecular weight excluding hydrogens is 183 g/mol. The summed E-state index contributed by atoms with van der Waals surface area (Å²) in [6.45, 7) is 10.1. The first-order chi connectivity index (χ1) is 4.76. The van der Waals surface area contributed by atoms with Gasteiger partial charge in [-0.25, -0.2) is 5.26 Å². The van der Waals surface area contributed by atoms with E-state index in [0.717, 1.165) is 0 Å². The Morgan fingerprint density at radius 2 is 1.36 bits per heavy atom. The van der Waals surface area contributed by atoms with Crippen molar-refractivity contribution in [3.05, 3.63) is 0 Å². The molecule has 0 aromatic rings. The molecule has 0 aromatic heterocycles. The number of rotatable bonds is 3. The SMILES string of the molecule is CCN(CC)CC.N#C[S-].[K+]. The molecule has 60 valence electrons. The third-order valence-corrected chi connectivity index (χ3v) is 1.34. The van der Waals surface area contributed by atoms with Crippen molar-refractivity contribution in [2.24, 2.45) is 0 Å². The third-order valence-electron chi connectivity index (χ3n) is 1.34. The van der Waals surface area contributed by atoms with Gasteiger partial charge in [0.1, 0.15) is 0 Å². The second kappa shape index (κ2) is 17.4. The molecule has 0 aliphatic rings. The molecule has 0 amide bonds. The van der Waals surface area contributed by atoms with Crippen LogP contribution in [0.3, 0.4) is 0 Å². The van der Waals surface area contributed by atoms with Gasteiger partial charge in [0.05, 0.1) is 0 Å². The number of hydrogen-bond donors (Lipinski definition) is 0. The van der Waals surface area contributed by atoms with Gasteiger partial charge >= 0.3 is 51.4 Å². The van der Waals surface area contributed by atoms with E-state index in [1.54, 1.807) is 0 Å². The minimum absolute atomic E-state index is 0. The Labute approximate surface area is 118 Å². The van der Waals surface area contributed by atoms with E-state index in [-0.39, 0.29) is 51.4 Å². The van der Waals surface area contributed by atoms with Gasteiger partial charge in [0.15, 0.2) is 0 Å². The fourth-order valence-corrected chi connectivity index (χ4v) is 0.671. The van der Waals surface area contributed by atoms with Crippen LogP contribution in [0.4, 0.5) is 0 Å². The molecule has 4 heteroatoms. The molecular formula is C7H15KN2S. The first-order valence-electron chi connectivity index (χ1n) is 3.50. The van der Waals surface area contributed by atoms with Crippen LogP contribution in [0.25, 0.3) is 0 Å². The van der Waals surface area contributed by atoms with Crippen LogP contribution in [0.1, 0.15) is 20.8 Å². The summed E-state index contributed by atoms with van der Waals surface area (Å²) in [6.07, 6.45) is 0. The van der Waals surface area contributed by atoms with E-state index in [1.807, 2.05) is 0 Å². The normalized spacial score (nSPS) is 7.18. The van der Waals surface area contributed by atoms with Crippen LogP contribution in [-0.4, -0.2) is 24.5 Å². The van der Waals surface area contributed by atoms with Crippen molar-refractivity contribution in [3.8, 4) is 5.40 Å². The molecule has 0 atom stereocenters. The Bertz CT molecular complexity index is 83.4. The smallest absolute Gasteiger partial charge is 0.696 e. The molecule has 2 nitrogen and oxygen atoms in total. The van der Waals surface area contributed by atoms with Crippen LogP contribution in [0.2, 0.25) is 0 Å². The van der Waals surface area contributed by atoms with E-state index in [9.17, 15) is 0 Å². The zero-order chi connectivity index (χ0) is 8.41. The average Bonchev–Trinajstić information content (AvgIpc) is 1.93. The zero-order valence-corrected chi connectivity index (χ0v) is 11.9. The Hall–Kier alpha value is 1.31. The van der Waals surface area contributed by atoms with Gasteiger partial charge in [-0.1, -0.05) is 26.2 Å². The molecule has 0 radical (unpaired) electrons. The molecule has 0 saturated heterocycles. The van der Waals surface area contributed by atoms with Crippen molar-refractivity contribution >= 4 is 12.6 Å². The van der Waals surface area contributed by atoms with Gasteiger partial charge in [-0.05, 0) is 19.6 Å². The summed E-state index contributed by atoms with van der Waals surface area (Å²) in [5.41, 5.74) is 0. The Morgan fingerprint density at radius 3 is 1.36 bits per heavy atom. The first kappa shape index (κ1) is 18.2. The van der Waals surface area contributed by atoms with Crippen molar-refractivity contribution < 1.29 is 51.4 Å². The van der Waals surface area contributed by atoms with Gasteiger partial charge in [0, 0.05) is 0 Å². The molecule has 0 aliphatic heterocycles. The van der Waals surface area contributed by atoms with E-state index in [1.165, 1.54) is 25.0 Å². The van der Waals surface area contributed by atoms with Crippen molar-refractivity contribution in [2.45, 2.75) is 20.8 Å². The summed E-state index contributed by atoms with van der Waals surface area (Å²) in [5.74, 6) is 0. The second-order valence-electron chi connectivity index (χ2n) is 1.71. The number of hydrogen-bond acceptors (Lipinski definition) is 3. The number of thiocyanates is 1. The predicted molar refractivity (Wildman–Crippen MR) is 46.4 cm³/mol. The van der Waals surface area contributed by atoms with Crippen LogP contribution in [-0.2, 0) is 12.6 Å². The van der Waals surface area contributed by atoms with E-state index in [2.05, 4.69) is 38.3 Å². The van der Waals surface area contributed by atoms with E-state index in [4.69, 9.17) is 5.26 Å². The molecule has 0 heterocycles. The Kier molecular flexibility index (Phi) is 28.7. The quantitative estimate of drug-likeness (QED) is 0.309. The topological polar surface area (TPSA) is 27.0 Å². The molecule has 11 heavy (non-hydrogen) atoms. The maximum atomic E-state index is 7.13. The van der Waals surface area contributed by atoms with Crippen LogP contribution >= 0.6 is 0 Å². The Morgan fingerprint density at radius 1 is 1.18 bits per heavy atom. The third kappa shape index (κ3) is 18.3. The van der Waals surface area contributed by atoms with Gasteiger partial charge in [-0.2, -0.15) is 0 Å². The van der Waals surface area contributed by atoms with Crippen LogP contribution in [0.5, 0.6) is 0 Å². The summed E-state index contributed by atoms with van der Waals surface area (Å²) in [7, 11) is 0. The number of nitriles is 1. The summed E-state index contributed by atoms with van der Waals surface area (Å²) in [6, 6.07) is 0. The average molecular weight is 198 g/mol. The molecule has 0 spiro atoms. The van der Waals surface area contributed by atoms with Crippen molar-refractivity contribution in [1.29, 1.82) is 5.26 Å². The van der Waals surface area contributed by atoms with Gasteiger partial charge in [0.25, 0.3) is 0 Å². The fourth-order valence-electron chi connectivity index (χ4n) is 0.671. The molecule has 0 unspecified atom stereocenters. The van der Waals surface area contributed by atoms with E-state index >= 15 is 0 Å². The van der Waals surface area contributed by atoms with Crippen molar-refractivity contribution in [3.63, 3.8) is 0 Å². The minimum Gasteiger partial charge on any atom is -0.696 e. The monoisotopic (exact) mass is 198 g/mol. The van der Waals surface area contributed by atoms with Gasteiger partial charge in [0.2, 0.25) is 0 Å². The summed E-state index contributed by atoms with van der Waals surface area (Å²) in [4.78, 5) is 2.38. The second-order valence-corrected chi connectivity index (χ2v) is 1.89. The Balaban J connectivity index is -0.000000140. The molecule has 0 aliphatic carbocycles. The van der Waals surface area contributed by atoms with E-state index < -0.39 is 0 Å². The van der Waals surface area contributed by atoms with Crippen LogP contribution < -0.4 is 51.4 Å². The predicted octanol–water partition coefficient (Wildman–Crippen LogP) is -1.63. The van der Waals surface area contributed by atoms with Gasteiger partial charge in [-0.3, -0.25) is 0 Å².